The molecule has 15 heavy (non-hydrogen) atoms. The van der Waals surface area contributed by atoms with Crippen LogP contribution in [-0.2, 0) is 14.3 Å². The molecule has 92 valence electrons. The number of alkyl halides is 6. The van der Waals surface area contributed by atoms with Crippen LogP contribution in [0.5, 0.6) is 0 Å². The van der Waals surface area contributed by atoms with Crippen LogP contribution in [0.4, 0.5) is 26.3 Å². The van der Waals surface area contributed by atoms with Crippen LogP contribution in [0, 0.1) is 0 Å². The summed E-state index contributed by atoms with van der Waals surface area (Å²) < 4.78 is 95.1. The van der Waals surface area contributed by atoms with E-state index >= 15 is 0 Å². The summed E-state index contributed by atoms with van der Waals surface area (Å²) in [4.78, 5) is 0. The average Bonchev–Trinajstić information content (AvgIpc) is 1.97. The largest absolute Gasteiger partial charge is 0.425 e. The lowest BCUT2D eigenvalue weighted by atomic mass is 10.2. The molecule has 3 nitrogen and oxygen atoms in total. The summed E-state index contributed by atoms with van der Waals surface area (Å²) in [5, 5.41) is 0. The summed E-state index contributed by atoms with van der Waals surface area (Å²) in [6, 6.07) is 0. The molecule has 0 saturated heterocycles. The zero-order valence-electron chi connectivity index (χ0n) is 7.19. The Kier molecular flexibility index (Phi) is 4.02. The monoisotopic (exact) mass is 260 g/mol. The van der Waals surface area contributed by atoms with Crippen LogP contribution >= 0.6 is 0 Å². The molecule has 0 N–H and O–H groups in total. The first-order valence-electron chi connectivity index (χ1n) is 3.29. The molecule has 0 aromatic carbocycles. The molecule has 0 aromatic heterocycles. The molecular weight excluding hydrogens is 254 g/mol. The van der Waals surface area contributed by atoms with Crippen molar-refractivity contribution in [1.29, 1.82) is 0 Å². The molecule has 0 amide bonds. The van der Waals surface area contributed by atoms with Crippen molar-refractivity contribution < 1.29 is 38.9 Å². The Morgan fingerprint density at radius 2 is 1.60 bits per heavy atom. The highest BCUT2D eigenvalue weighted by molar-refractivity contribution is 7.85. The van der Waals surface area contributed by atoms with Gasteiger partial charge in [-0.1, -0.05) is 0 Å². The normalized spacial score (nSPS) is 16.5. The van der Waals surface area contributed by atoms with Crippen molar-refractivity contribution >= 4 is 10.1 Å². The topological polar surface area (TPSA) is 43.4 Å². The van der Waals surface area contributed by atoms with E-state index in [1.807, 2.05) is 0 Å². The number of hydrogen-bond acceptors (Lipinski definition) is 3. The Labute approximate surface area is 81.1 Å². The Balaban J connectivity index is 4.56. The molecule has 1 unspecified atom stereocenters. The van der Waals surface area contributed by atoms with E-state index in [1.165, 1.54) is 0 Å². The van der Waals surface area contributed by atoms with E-state index < -0.39 is 35.0 Å². The molecule has 0 aliphatic rings. The second-order valence-electron chi connectivity index (χ2n) is 2.63. The second-order valence-corrected chi connectivity index (χ2v) is 4.28. The standard InChI is InChI=1S/C5H6F6O3S/c1-15(12,13)14-2-4(7,8)3(6)5(9,10)11/h3H,2H2,1H3. The molecule has 0 rings (SSSR count). The summed E-state index contributed by atoms with van der Waals surface area (Å²) in [6.07, 6.45) is -9.89. The molecule has 0 bridgehead atoms. The van der Waals surface area contributed by atoms with Crippen LogP contribution in [0.1, 0.15) is 0 Å². The third-order valence-electron chi connectivity index (χ3n) is 1.12. The van der Waals surface area contributed by atoms with Gasteiger partial charge in [0.2, 0.25) is 0 Å². The Hall–Kier alpha value is -0.510. The first kappa shape index (κ1) is 14.5. The predicted molar refractivity (Wildman–Crippen MR) is 36.7 cm³/mol. The van der Waals surface area contributed by atoms with Gasteiger partial charge in [-0.15, -0.1) is 0 Å². The first-order valence-corrected chi connectivity index (χ1v) is 5.11. The van der Waals surface area contributed by atoms with Crippen molar-refractivity contribution in [1.82, 2.24) is 0 Å². The van der Waals surface area contributed by atoms with E-state index in [1.54, 1.807) is 0 Å². The van der Waals surface area contributed by atoms with Gasteiger partial charge in [0.1, 0.15) is 6.61 Å². The van der Waals surface area contributed by atoms with Gasteiger partial charge in [-0.05, 0) is 0 Å². The average molecular weight is 260 g/mol. The van der Waals surface area contributed by atoms with Gasteiger partial charge in [0, 0.05) is 0 Å². The van der Waals surface area contributed by atoms with E-state index in [0.29, 0.717) is 6.26 Å². The SMILES string of the molecule is CS(=O)(=O)OCC(F)(F)C(F)C(F)(F)F. The van der Waals surface area contributed by atoms with E-state index in [4.69, 9.17) is 0 Å². The van der Waals surface area contributed by atoms with Crippen LogP contribution < -0.4 is 0 Å². The highest BCUT2D eigenvalue weighted by atomic mass is 32.2. The van der Waals surface area contributed by atoms with Gasteiger partial charge in [0.05, 0.1) is 6.26 Å². The molecule has 10 heteroatoms. The molecular formula is C5H6F6O3S. The first-order chi connectivity index (χ1) is 6.36. The Bertz CT molecular complexity index is 307. The minimum absolute atomic E-state index is 0.351. The molecule has 0 saturated carbocycles. The van der Waals surface area contributed by atoms with Gasteiger partial charge in [-0.2, -0.15) is 21.6 Å². The quantitative estimate of drug-likeness (QED) is 0.568. The van der Waals surface area contributed by atoms with Crippen LogP contribution in [-0.4, -0.2) is 39.6 Å². The van der Waals surface area contributed by atoms with Crippen LogP contribution in [0.2, 0.25) is 0 Å². The molecule has 0 aliphatic heterocycles. The van der Waals surface area contributed by atoms with Gasteiger partial charge >= 0.3 is 12.1 Å². The van der Waals surface area contributed by atoms with E-state index in [2.05, 4.69) is 4.18 Å². The fraction of sp³-hybridized carbons (Fsp3) is 1.00. The van der Waals surface area contributed by atoms with Crippen molar-refractivity contribution in [2.75, 3.05) is 12.9 Å². The lowest BCUT2D eigenvalue weighted by molar-refractivity contribution is -0.249. The molecule has 0 aromatic rings. The smallest absolute Gasteiger partial charge is 0.264 e. The lowest BCUT2D eigenvalue weighted by Crippen LogP contribution is -2.45. The zero-order chi connectivity index (χ0) is 12.5. The summed E-state index contributed by atoms with van der Waals surface area (Å²) in [5.74, 6) is -4.94. The molecule has 1 atom stereocenters. The summed E-state index contributed by atoms with van der Waals surface area (Å²) in [5.41, 5.74) is 0. The van der Waals surface area contributed by atoms with Gasteiger partial charge in [-0.25, -0.2) is 13.2 Å². The van der Waals surface area contributed by atoms with Crippen molar-refractivity contribution in [3.63, 3.8) is 0 Å². The maximum Gasteiger partial charge on any atom is 0.425 e. The van der Waals surface area contributed by atoms with E-state index in [-0.39, 0.29) is 0 Å². The Morgan fingerprint density at radius 1 is 1.20 bits per heavy atom. The fourth-order valence-corrected chi connectivity index (χ4v) is 0.869. The number of hydrogen-bond donors (Lipinski definition) is 0. The van der Waals surface area contributed by atoms with E-state index in [0.717, 1.165) is 0 Å². The zero-order valence-corrected chi connectivity index (χ0v) is 8.00. The molecule has 0 fully saturated rings. The van der Waals surface area contributed by atoms with Crippen molar-refractivity contribution in [3.05, 3.63) is 0 Å². The highest BCUT2D eigenvalue weighted by Gasteiger charge is 2.57. The summed E-state index contributed by atoms with van der Waals surface area (Å²) in [6.45, 7) is -2.19. The maximum atomic E-state index is 12.4. The highest BCUT2D eigenvalue weighted by Crippen LogP contribution is 2.35. The Morgan fingerprint density at radius 3 is 1.87 bits per heavy atom. The third kappa shape index (κ3) is 5.21. The predicted octanol–water partition coefficient (Wildman–Crippen LogP) is 1.50. The third-order valence-corrected chi connectivity index (χ3v) is 1.67. The molecule has 0 heterocycles. The molecule has 0 radical (unpaired) electrons. The minimum atomic E-state index is -5.77. The lowest BCUT2D eigenvalue weighted by Gasteiger charge is -2.21. The van der Waals surface area contributed by atoms with Crippen LogP contribution in [0.25, 0.3) is 0 Å². The van der Waals surface area contributed by atoms with Crippen LogP contribution in [0.15, 0.2) is 0 Å². The van der Waals surface area contributed by atoms with Gasteiger partial charge < -0.3 is 0 Å². The van der Waals surface area contributed by atoms with Crippen LogP contribution in [0.3, 0.4) is 0 Å². The number of halogens is 6. The van der Waals surface area contributed by atoms with Crippen molar-refractivity contribution in [3.8, 4) is 0 Å². The summed E-state index contributed by atoms with van der Waals surface area (Å²) >= 11 is 0. The van der Waals surface area contributed by atoms with Gasteiger partial charge in [0.25, 0.3) is 16.3 Å². The molecule has 0 aliphatic carbocycles. The second kappa shape index (κ2) is 4.16. The van der Waals surface area contributed by atoms with E-state index in [9.17, 15) is 34.8 Å². The maximum absolute atomic E-state index is 12.4. The van der Waals surface area contributed by atoms with Crippen molar-refractivity contribution in [2.24, 2.45) is 0 Å². The molecule has 0 spiro atoms. The van der Waals surface area contributed by atoms with Gasteiger partial charge in [-0.3, -0.25) is 4.18 Å². The number of rotatable bonds is 4. The minimum Gasteiger partial charge on any atom is -0.264 e. The van der Waals surface area contributed by atoms with Crippen molar-refractivity contribution in [2.45, 2.75) is 18.3 Å². The van der Waals surface area contributed by atoms with Gasteiger partial charge in [0.15, 0.2) is 0 Å². The fourth-order valence-electron chi connectivity index (χ4n) is 0.498. The summed E-state index contributed by atoms with van der Waals surface area (Å²) in [7, 11) is -4.35.